The van der Waals surface area contributed by atoms with Gasteiger partial charge in [-0.25, -0.2) is 4.79 Å². The summed E-state index contributed by atoms with van der Waals surface area (Å²) in [5.41, 5.74) is -0.152. The molecule has 4 atom stereocenters. The van der Waals surface area contributed by atoms with Crippen molar-refractivity contribution in [3.8, 4) is 0 Å². The predicted molar refractivity (Wildman–Crippen MR) is 90.1 cm³/mol. The maximum Gasteiger partial charge on any atom is 0.338 e. The highest BCUT2D eigenvalue weighted by molar-refractivity contribution is 7.99. The minimum absolute atomic E-state index is 0.334. The molecule has 132 valence electrons. The van der Waals surface area contributed by atoms with E-state index in [0.717, 1.165) is 0 Å². The third kappa shape index (κ3) is 4.63. The number of hydrogen-bond acceptors (Lipinski definition) is 7. The molecule has 1 aromatic rings. The highest BCUT2D eigenvalue weighted by Crippen LogP contribution is 2.33. The van der Waals surface area contributed by atoms with E-state index < -0.39 is 35.7 Å². The summed E-state index contributed by atoms with van der Waals surface area (Å²) in [4.78, 5) is 23.9. The van der Waals surface area contributed by atoms with Crippen molar-refractivity contribution in [1.29, 1.82) is 0 Å². The van der Waals surface area contributed by atoms with Crippen molar-refractivity contribution in [1.82, 2.24) is 0 Å². The van der Waals surface area contributed by atoms with Gasteiger partial charge in [0.25, 0.3) is 0 Å². The molecule has 6 nitrogen and oxygen atoms in total. The van der Waals surface area contributed by atoms with E-state index in [1.807, 2.05) is 6.92 Å². The minimum atomic E-state index is -0.905. The molecule has 8 heteroatoms. The van der Waals surface area contributed by atoms with Crippen LogP contribution in [-0.2, 0) is 19.0 Å². The number of alkyl halides is 1. The van der Waals surface area contributed by atoms with Gasteiger partial charge in [-0.3, -0.25) is 4.79 Å². The fraction of sp³-hybridized carbons (Fsp3) is 0.500. The second-order valence-electron chi connectivity index (χ2n) is 5.00. The van der Waals surface area contributed by atoms with E-state index in [4.69, 9.17) is 25.8 Å². The third-order valence-electron chi connectivity index (χ3n) is 3.41. The van der Waals surface area contributed by atoms with Crippen LogP contribution < -0.4 is 0 Å². The quantitative estimate of drug-likeness (QED) is 0.576. The first kappa shape index (κ1) is 19.1. The summed E-state index contributed by atoms with van der Waals surface area (Å²) < 4.78 is 16.5. The standard InChI is InChI=1S/C16H19ClO6S/c1-2-24-16-14(23-15(20)10-6-4-3-5-7-10)13(11(9-18)21-16)22-12(19)8-17/h3-7,11,13-14,16,18H,2,8-9H2,1H3/t11-,13-,14+,16-/m1/s1. The summed E-state index contributed by atoms with van der Waals surface area (Å²) in [6.07, 6.45) is -2.50. The fourth-order valence-electron chi connectivity index (χ4n) is 2.35. The van der Waals surface area contributed by atoms with E-state index in [9.17, 15) is 14.7 Å². The van der Waals surface area contributed by atoms with Crippen LogP contribution in [-0.4, -0.2) is 59.0 Å². The average molecular weight is 375 g/mol. The lowest BCUT2D eigenvalue weighted by molar-refractivity contribution is -0.153. The van der Waals surface area contributed by atoms with E-state index in [-0.39, 0.29) is 12.5 Å². The lowest BCUT2D eigenvalue weighted by atomic mass is 10.1. The summed E-state index contributed by atoms with van der Waals surface area (Å²) in [5, 5.41) is 9.48. The fourth-order valence-corrected chi connectivity index (χ4v) is 3.37. The second-order valence-corrected chi connectivity index (χ2v) is 6.65. The predicted octanol–water partition coefficient (Wildman–Crippen LogP) is 1.83. The molecule has 0 bridgehead atoms. The number of aliphatic hydroxyl groups excluding tert-OH is 1. The molecule has 1 fully saturated rings. The van der Waals surface area contributed by atoms with Gasteiger partial charge in [0.05, 0.1) is 12.2 Å². The summed E-state index contributed by atoms with van der Waals surface area (Å²) in [5.74, 6) is -0.833. The van der Waals surface area contributed by atoms with Crippen molar-refractivity contribution >= 4 is 35.3 Å². The zero-order valence-corrected chi connectivity index (χ0v) is 14.7. The molecule has 24 heavy (non-hydrogen) atoms. The highest BCUT2D eigenvalue weighted by Gasteiger charge is 2.49. The van der Waals surface area contributed by atoms with Crippen LogP contribution in [0.2, 0.25) is 0 Å². The van der Waals surface area contributed by atoms with Gasteiger partial charge in [-0.15, -0.1) is 23.4 Å². The Hall–Kier alpha value is -1.28. The Morgan fingerprint density at radius 2 is 1.96 bits per heavy atom. The third-order valence-corrected chi connectivity index (χ3v) is 4.67. The van der Waals surface area contributed by atoms with Gasteiger partial charge < -0.3 is 19.3 Å². The Balaban J connectivity index is 2.18. The monoisotopic (exact) mass is 374 g/mol. The van der Waals surface area contributed by atoms with Crippen LogP contribution in [0.5, 0.6) is 0 Å². The van der Waals surface area contributed by atoms with E-state index in [2.05, 4.69) is 0 Å². The van der Waals surface area contributed by atoms with Crippen LogP contribution >= 0.6 is 23.4 Å². The number of esters is 2. The Kier molecular flexibility index (Phi) is 7.36. The van der Waals surface area contributed by atoms with Crippen LogP contribution in [0.3, 0.4) is 0 Å². The topological polar surface area (TPSA) is 82.1 Å². The normalized spacial score (nSPS) is 26.1. The second kappa shape index (κ2) is 9.27. The number of hydrogen-bond donors (Lipinski definition) is 1. The lowest BCUT2D eigenvalue weighted by Crippen LogP contribution is -2.41. The Morgan fingerprint density at radius 1 is 1.25 bits per heavy atom. The molecule has 0 amide bonds. The smallest absolute Gasteiger partial charge is 0.338 e. The summed E-state index contributed by atoms with van der Waals surface area (Å²) in [6, 6.07) is 8.49. The molecule has 0 aliphatic carbocycles. The number of aliphatic hydroxyl groups is 1. The van der Waals surface area contributed by atoms with Gasteiger partial charge in [0.1, 0.15) is 17.4 Å². The van der Waals surface area contributed by atoms with Gasteiger partial charge in [-0.1, -0.05) is 25.1 Å². The summed E-state index contributed by atoms with van der Waals surface area (Å²) in [7, 11) is 0. The highest BCUT2D eigenvalue weighted by atomic mass is 35.5. The molecule has 2 rings (SSSR count). The Morgan fingerprint density at radius 3 is 2.54 bits per heavy atom. The molecule has 1 saturated heterocycles. The first-order chi connectivity index (χ1) is 11.6. The van der Waals surface area contributed by atoms with E-state index in [1.165, 1.54) is 11.8 Å². The molecule has 1 N–H and O–H groups in total. The first-order valence-electron chi connectivity index (χ1n) is 7.50. The van der Waals surface area contributed by atoms with Crippen molar-refractivity contribution in [3.05, 3.63) is 35.9 Å². The zero-order valence-electron chi connectivity index (χ0n) is 13.1. The van der Waals surface area contributed by atoms with Crippen LogP contribution in [0.1, 0.15) is 17.3 Å². The first-order valence-corrected chi connectivity index (χ1v) is 9.08. The average Bonchev–Trinajstić information content (AvgIpc) is 2.92. The van der Waals surface area contributed by atoms with Crippen molar-refractivity contribution in [2.75, 3.05) is 18.2 Å². The van der Waals surface area contributed by atoms with Crippen LogP contribution in [0.15, 0.2) is 30.3 Å². The molecule has 0 radical (unpaired) electrons. The van der Waals surface area contributed by atoms with Gasteiger partial charge in [0.2, 0.25) is 0 Å². The number of carbonyl (C=O) groups is 2. The number of rotatable bonds is 7. The molecular weight excluding hydrogens is 356 g/mol. The van der Waals surface area contributed by atoms with Crippen LogP contribution in [0.25, 0.3) is 0 Å². The molecule has 0 saturated carbocycles. The Bertz CT molecular complexity index is 555. The van der Waals surface area contributed by atoms with Crippen LogP contribution in [0, 0.1) is 0 Å². The van der Waals surface area contributed by atoms with Crippen molar-refractivity contribution in [2.45, 2.75) is 30.7 Å². The van der Waals surface area contributed by atoms with E-state index in [1.54, 1.807) is 30.3 Å². The van der Waals surface area contributed by atoms with Crippen molar-refractivity contribution in [2.24, 2.45) is 0 Å². The number of carbonyl (C=O) groups excluding carboxylic acids is 2. The van der Waals surface area contributed by atoms with Gasteiger partial charge in [-0.05, 0) is 17.9 Å². The van der Waals surface area contributed by atoms with Crippen molar-refractivity contribution in [3.63, 3.8) is 0 Å². The number of halogens is 1. The number of thioether (sulfide) groups is 1. The molecular formula is C16H19ClO6S. The van der Waals surface area contributed by atoms with Gasteiger partial charge in [0.15, 0.2) is 12.2 Å². The molecule has 1 heterocycles. The van der Waals surface area contributed by atoms with Gasteiger partial charge >= 0.3 is 11.9 Å². The maximum absolute atomic E-state index is 12.3. The van der Waals surface area contributed by atoms with Gasteiger partial charge in [-0.2, -0.15) is 0 Å². The van der Waals surface area contributed by atoms with Crippen LogP contribution in [0.4, 0.5) is 0 Å². The molecule has 0 aromatic heterocycles. The zero-order chi connectivity index (χ0) is 17.5. The largest absolute Gasteiger partial charge is 0.454 e. The molecule has 1 aromatic carbocycles. The Labute approximate surface area is 149 Å². The lowest BCUT2D eigenvalue weighted by Gasteiger charge is -2.23. The number of benzene rings is 1. The molecule has 1 aliphatic rings. The van der Waals surface area contributed by atoms with E-state index in [0.29, 0.717) is 11.3 Å². The minimum Gasteiger partial charge on any atom is -0.454 e. The van der Waals surface area contributed by atoms with Gasteiger partial charge in [0, 0.05) is 0 Å². The van der Waals surface area contributed by atoms with E-state index >= 15 is 0 Å². The summed E-state index contributed by atoms with van der Waals surface area (Å²) >= 11 is 6.88. The SMILES string of the molecule is CCS[C@H]1O[C@H](CO)[C@@H](OC(=O)CCl)[C@@H]1OC(=O)c1ccccc1. The molecule has 0 unspecified atom stereocenters. The molecule has 1 aliphatic heterocycles. The summed E-state index contributed by atoms with van der Waals surface area (Å²) in [6.45, 7) is 1.57. The maximum atomic E-state index is 12.3. The van der Waals surface area contributed by atoms with Crippen molar-refractivity contribution < 1.29 is 28.9 Å². The number of ether oxygens (including phenoxy) is 3. The molecule has 0 spiro atoms.